The lowest BCUT2D eigenvalue weighted by Gasteiger charge is -2.07. The Kier molecular flexibility index (Phi) is 4.08. The second-order valence-corrected chi connectivity index (χ2v) is 6.36. The molecular formula is C20H19N5O. The molecule has 2 aromatic carbocycles. The Hall–Kier alpha value is -3.28. The molecule has 0 radical (unpaired) electrons. The van der Waals surface area contributed by atoms with Crippen LogP contribution in [0.2, 0.25) is 0 Å². The average Bonchev–Trinajstić information content (AvgIpc) is 3.10. The van der Waals surface area contributed by atoms with Crippen LogP contribution < -0.4 is 5.32 Å². The smallest absolute Gasteiger partial charge is 0.251 e. The van der Waals surface area contributed by atoms with Crippen LogP contribution in [0.4, 0.5) is 0 Å². The number of rotatable bonds is 4. The summed E-state index contributed by atoms with van der Waals surface area (Å²) in [5.41, 5.74) is 7.03. The van der Waals surface area contributed by atoms with E-state index in [0.29, 0.717) is 12.1 Å². The number of benzene rings is 2. The van der Waals surface area contributed by atoms with Crippen LogP contribution in [0.15, 0.2) is 42.7 Å². The zero-order valence-electron chi connectivity index (χ0n) is 14.7. The Morgan fingerprint density at radius 1 is 1.00 bits per heavy atom. The van der Waals surface area contributed by atoms with Gasteiger partial charge in [-0.3, -0.25) is 4.79 Å². The Bertz CT molecular complexity index is 1120. The number of imidazole rings is 1. The molecule has 2 aromatic heterocycles. The van der Waals surface area contributed by atoms with Crippen molar-refractivity contribution < 1.29 is 4.79 Å². The number of carbonyl (C=O) groups is 1. The first kappa shape index (κ1) is 16.2. The number of aryl methyl sites for hydroxylation is 2. The van der Waals surface area contributed by atoms with Gasteiger partial charge in [0.1, 0.15) is 0 Å². The lowest BCUT2D eigenvalue weighted by Crippen LogP contribution is -2.25. The molecule has 0 aliphatic rings. The minimum atomic E-state index is -0.102. The van der Waals surface area contributed by atoms with E-state index in [2.05, 4.69) is 31.3 Å². The van der Waals surface area contributed by atoms with Gasteiger partial charge < -0.3 is 10.3 Å². The number of hydrogen-bond acceptors (Lipinski definition) is 4. The molecule has 26 heavy (non-hydrogen) atoms. The third-order valence-electron chi connectivity index (χ3n) is 4.52. The van der Waals surface area contributed by atoms with Crippen LogP contribution in [0.3, 0.4) is 0 Å². The first-order chi connectivity index (χ1) is 12.6. The van der Waals surface area contributed by atoms with Gasteiger partial charge in [0.05, 0.1) is 39.8 Å². The van der Waals surface area contributed by atoms with E-state index in [1.807, 2.05) is 32.0 Å². The van der Waals surface area contributed by atoms with Crippen molar-refractivity contribution in [3.63, 3.8) is 0 Å². The van der Waals surface area contributed by atoms with Crippen molar-refractivity contribution in [3.05, 3.63) is 65.2 Å². The molecule has 4 aromatic rings. The second kappa shape index (κ2) is 6.55. The molecule has 130 valence electrons. The van der Waals surface area contributed by atoms with Gasteiger partial charge >= 0.3 is 0 Å². The molecule has 2 heterocycles. The maximum atomic E-state index is 12.4. The van der Waals surface area contributed by atoms with Gasteiger partial charge in [-0.1, -0.05) is 6.07 Å². The van der Waals surface area contributed by atoms with E-state index in [1.54, 1.807) is 18.5 Å². The predicted octanol–water partition coefficient (Wildman–Crippen LogP) is 3.10. The van der Waals surface area contributed by atoms with Crippen LogP contribution in [-0.4, -0.2) is 32.4 Å². The van der Waals surface area contributed by atoms with Gasteiger partial charge in [-0.05, 0) is 56.2 Å². The summed E-state index contributed by atoms with van der Waals surface area (Å²) in [6.07, 6.45) is 2.44. The van der Waals surface area contributed by atoms with Crippen LogP contribution in [0.5, 0.6) is 0 Å². The van der Waals surface area contributed by atoms with Crippen LogP contribution in [-0.2, 0) is 6.42 Å². The Morgan fingerprint density at radius 2 is 1.77 bits per heavy atom. The molecule has 0 fully saturated rings. The van der Waals surface area contributed by atoms with Crippen molar-refractivity contribution >= 4 is 28.0 Å². The highest BCUT2D eigenvalue weighted by molar-refractivity contribution is 5.97. The summed E-state index contributed by atoms with van der Waals surface area (Å²) in [4.78, 5) is 28.7. The highest BCUT2D eigenvalue weighted by atomic mass is 16.1. The fourth-order valence-electron chi connectivity index (χ4n) is 2.93. The zero-order chi connectivity index (χ0) is 18.1. The second-order valence-electron chi connectivity index (χ2n) is 6.36. The first-order valence-corrected chi connectivity index (χ1v) is 8.55. The summed E-state index contributed by atoms with van der Waals surface area (Å²) in [5, 5.41) is 2.97. The molecule has 6 nitrogen and oxygen atoms in total. The molecule has 0 atom stereocenters. The summed E-state index contributed by atoms with van der Waals surface area (Å²) in [7, 11) is 0. The molecule has 6 heteroatoms. The van der Waals surface area contributed by atoms with Gasteiger partial charge in [0.15, 0.2) is 0 Å². The fourth-order valence-corrected chi connectivity index (χ4v) is 2.93. The van der Waals surface area contributed by atoms with Crippen molar-refractivity contribution in [2.75, 3.05) is 6.54 Å². The number of hydrogen-bond donors (Lipinski definition) is 2. The number of carbonyl (C=O) groups excluding carboxylic acids is 1. The lowest BCUT2D eigenvalue weighted by molar-refractivity contribution is 0.0954. The summed E-state index contributed by atoms with van der Waals surface area (Å²) < 4.78 is 0. The van der Waals surface area contributed by atoms with Gasteiger partial charge in [0.2, 0.25) is 0 Å². The van der Waals surface area contributed by atoms with Crippen LogP contribution in [0.1, 0.15) is 27.3 Å². The van der Waals surface area contributed by atoms with Crippen molar-refractivity contribution in [3.8, 4) is 0 Å². The molecular weight excluding hydrogens is 326 g/mol. The number of aromatic amines is 1. The molecule has 0 aliphatic heterocycles. The molecule has 1 amide bonds. The summed E-state index contributed by atoms with van der Waals surface area (Å²) in [5.74, 6) is -0.102. The Labute approximate surface area is 150 Å². The minimum absolute atomic E-state index is 0.102. The number of nitrogens with zero attached hydrogens (tertiary/aromatic N) is 3. The summed E-state index contributed by atoms with van der Waals surface area (Å²) in [6, 6.07) is 11.5. The van der Waals surface area contributed by atoms with Gasteiger partial charge in [-0.2, -0.15) is 0 Å². The SMILES string of the molecule is Cc1nc2ccc(C(=O)NCCc3ccc4nc[nH]c4c3)cc2nc1C. The Morgan fingerprint density at radius 3 is 2.62 bits per heavy atom. The van der Waals surface area contributed by atoms with Crippen LogP contribution in [0.25, 0.3) is 22.1 Å². The maximum absolute atomic E-state index is 12.4. The standard InChI is InChI=1S/C20H19N5O/c1-12-13(2)25-19-10-15(4-6-17(19)24-12)20(26)21-8-7-14-3-5-16-18(9-14)23-11-22-16/h3-6,9-11H,7-8H2,1-2H3,(H,21,26)(H,22,23). The molecule has 2 N–H and O–H groups in total. The quantitative estimate of drug-likeness (QED) is 0.595. The number of H-pyrrole nitrogens is 1. The molecule has 0 unspecified atom stereocenters. The van der Waals surface area contributed by atoms with E-state index >= 15 is 0 Å². The number of amides is 1. The first-order valence-electron chi connectivity index (χ1n) is 8.55. The van der Waals surface area contributed by atoms with Crippen molar-refractivity contribution in [2.45, 2.75) is 20.3 Å². The normalized spacial score (nSPS) is 11.2. The van der Waals surface area contributed by atoms with E-state index < -0.39 is 0 Å². The Balaban J connectivity index is 1.44. The van der Waals surface area contributed by atoms with Gasteiger partial charge in [-0.25, -0.2) is 15.0 Å². The van der Waals surface area contributed by atoms with Gasteiger partial charge in [0.25, 0.3) is 5.91 Å². The maximum Gasteiger partial charge on any atom is 0.251 e. The van der Waals surface area contributed by atoms with Crippen LogP contribution in [0, 0.1) is 13.8 Å². The van der Waals surface area contributed by atoms with Gasteiger partial charge in [0, 0.05) is 12.1 Å². The number of fused-ring (bicyclic) bond motifs is 2. The molecule has 0 saturated carbocycles. The van der Waals surface area contributed by atoms with Crippen molar-refractivity contribution in [1.29, 1.82) is 0 Å². The van der Waals surface area contributed by atoms with Crippen LogP contribution >= 0.6 is 0 Å². The molecule has 0 bridgehead atoms. The molecule has 0 spiro atoms. The highest BCUT2D eigenvalue weighted by Gasteiger charge is 2.09. The van der Waals surface area contributed by atoms with Crippen molar-refractivity contribution in [1.82, 2.24) is 25.3 Å². The van der Waals surface area contributed by atoms with Gasteiger partial charge in [-0.15, -0.1) is 0 Å². The topological polar surface area (TPSA) is 83.6 Å². The van der Waals surface area contributed by atoms with Crippen molar-refractivity contribution in [2.24, 2.45) is 0 Å². The monoisotopic (exact) mass is 345 g/mol. The van der Waals surface area contributed by atoms with E-state index in [1.165, 1.54) is 0 Å². The van der Waals surface area contributed by atoms with E-state index in [4.69, 9.17) is 0 Å². The number of nitrogens with one attached hydrogen (secondary N) is 2. The molecule has 0 saturated heterocycles. The summed E-state index contributed by atoms with van der Waals surface area (Å²) >= 11 is 0. The third kappa shape index (κ3) is 3.13. The van der Waals surface area contributed by atoms with E-state index in [0.717, 1.165) is 45.4 Å². The average molecular weight is 345 g/mol. The largest absolute Gasteiger partial charge is 0.352 e. The zero-order valence-corrected chi connectivity index (χ0v) is 14.7. The minimum Gasteiger partial charge on any atom is -0.352 e. The third-order valence-corrected chi connectivity index (χ3v) is 4.52. The fraction of sp³-hybridized carbons (Fsp3) is 0.200. The highest BCUT2D eigenvalue weighted by Crippen LogP contribution is 2.15. The van der Waals surface area contributed by atoms with E-state index in [9.17, 15) is 4.79 Å². The lowest BCUT2D eigenvalue weighted by atomic mass is 10.1. The predicted molar refractivity (Wildman–Crippen MR) is 101 cm³/mol. The molecule has 4 rings (SSSR count). The summed E-state index contributed by atoms with van der Waals surface area (Å²) in [6.45, 7) is 4.42. The molecule has 0 aliphatic carbocycles. The number of aromatic nitrogens is 4. The van der Waals surface area contributed by atoms with E-state index in [-0.39, 0.29) is 5.91 Å².